The van der Waals surface area contributed by atoms with E-state index in [1.807, 2.05) is 0 Å². The van der Waals surface area contributed by atoms with Gasteiger partial charge in [-0.3, -0.25) is 9.59 Å². The molecular formula is C23H37ClFN3O3. The number of carbonyl (C=O) groups excluding carboxylic acids is 2. The predicted octanol–water partition coefficient (Wildman–Crippen LogP) is 2.82. The van der Waals surface area contributed by atoms with Crippen LogP contribution in [0.15, 0.2) is 0 Å². The molecule has 4 saturated carbocycles. The Bertz CT molecular complexity index is 663. The number of carbonyl (C=O) groups is 2. The number of amides is 2. The molecule has 0 spiro atoms. The molecule has 176 valence electrons. The van der Waals surface area contributed by atoms with E-state index in [1.165, 1.54) is 12.8 Å². The van der Waals surface area contributed by atoms with Crippen LogP contribution in [0.25, 0.3) is 0 Å². The topological polar surface area (TPSA) is 79.5 Å². The highest BCUT2D eigenvalue weighted by atomic mass is 35.5. The molecule has 4 aliphatic carbocycles. The minimum atomic E-state index is -1.07. The zero-order valence-electron chi connectivity index (χ0n) is 18.7. The van der Waals surface area contributed by atoms with Crippen LogP contribution in [-0.4, -0.2) is 60.2 Å². The highest BCUT2D eigenvalue weighted by Gasteiger charge is 2.72. The van der Waals surface area contributed by atoms with E-state index < -0.39 is 11.5 Å². The van der Waals surface area contributed by atoms with Crippen molar-refractivity contribution >= 4 is 23.4 Å². The molecule has 5 unspecified atom stereocenters. The average Bonchev–Trinajstić information content (AvgIpc) is 2.63. The molecule has 6 nitrogen and oxygen atoms in total. The van der Waals surface area contributed by atoms with E-state index >= 15 is 0 Å². The van der Waals surface area contributed by atoms with E-state index in [0.717, 1.165) is 13.0 Å². The van der Waals surface area contributed by atoms with Crippen LogP contribution in [-0.2, 0) is 14.3 Å². The van der Waals surface area contributed by atoms with Crippen LogP contribution >= 0.6 is 11.6 Å². The van der Waals surface area contributed by atoms with Crippen molar-refractivity contribution in [1.82, 2.24) is 16.0 Å². The minimum Gasteiger partial charge on any atom is -0.368 e. The Morgan fingerprint density at radius 2 is 1.81 bits per heavy atom. The normalized spacial score (nSPS) is 44.0. The lowest BCUT2D eigenvalue weighted by atomic mass is 9.39. The van der Waals surface area contributed by atoms with Gasteiger partial charge in [0.2, 0.25) is 11.8 Å². The molecule has 0 aromatic heterocycles. The zero-order valence-corrected chi connectivity index (χ0v) is 19.5. The molecule has 5 fully saturated rings. The lowest BCUT2D eigenvalue weighted by Gasteiger charge is -2.69. The van der Waals surface area contributed by atoms with Crippen LogP contribution in [0, 0.1) is 11.3 Å². The molecule has 1 saturated heterocycles. The fourth-order valence-corrected chi connectivity index (χ4v) is 6.64. The highest BCUT2D eigenvalue weighted by Crippen LogP contribution is 2.67. The van der Waals surface area contributed by atoms with Gasteiger partial charge in [-0.2, -0.15) is 0 Å². The second kappa shape index (κ2) is 9.14. The lowest BCUT2D eigenvalue weighted by molar-refractivity contribution is -0.184. The van der Waals surface area contributed by atoms with Crippen LogP contribution in [0.5, 0.6) is 0 Å². The molecule has 8 heteroatoms. The molecule has 0 aromatic rings. The van der Waals surface area contributed by atoms with Crippen molar-refractivity contribution in [2.45, 2.75) is 107 Å². The van der Waals surface area contributed by atoms with Gasteiger partial charge in [-0.15, -0.1) is 11.6 Å². The standard InChI is InChI=1S/C23H37ClFN3O3/c1-14-7-16(8-15(2)27-14)5-6-26-21(30)22-11-23(12-22,13-22)28-20(29)10-31-17-3-4-18(24)19(25)9-17/h14-19,27H,3-13H2,1-2H3,(H,26,30)(H,28,29). The molecule has 1 heterocycles. The van der Waals surface area contributed by atoms with Crippen LogP contribution in [0.2, 0.25) is 0 Å². The van der Waals surface area contributed by atoms with E-state index in [9.17, 15) is 14.0 Å². The summed E-state index contributed by atoms with van der Waals surface area (Å²) in [7, 11) is 0. The van der Waals surface area contributed by atoms with Crippen LogP contribution in [0.4, 0.5) is 4.39 Å². The third-order valence-electron chi connectivity index (χ3n) is 7.79. The lowest BCUT2D eigenvalue weighted by Crippen LogP contribution is -2.78. The van der Waals surface area contributed by atoms with Gasteiger partial charge in [-0.05, 0) is 71.1 Å². The second-order valence-corrected chi connectivity index (χ2v) is 11.3. The Kier molecular flexibility index (Phi) is 6.86. The number of nitrogens with one attached hydrogen (secondary N) is 3. The molecule has 0 aromatic carbocycles. The molecule has 5 rings (SSSR count). The zero-order chi connectivity index (χ0) is 22.2. The Labute approximate surface area is 189 Å². The molecule has 5 aliphatic rings. The van der Waals surface area contributed by atoms with Crippen molar-refractivity contribution in [3.8, 4) is 0 Å². The van der Waals surface area contributed by atoms with E-state index in [1.54, 1.807) is 0 Å². The van der Waals surface area contributed by atoms with Gasteiger partial charge in [-0.25, -0.2) is 4.39 Å². The van der Waals surface area contributed by atoms with Gasteiger partial charge in [0, 0.05) is 30.6 Å². The second-order valence-electron chi connectivity index (χ2n) is 10.8. The van der Waals surface area contributed by atoms with Gasteiger partial charge in [0.1, 0.15) is 12.8 Å². The van der Waals surface area contributed by atoms with Crippen LogP contribution in [0.3, 0.4) is 0 Å². The van der Waals surface area contributed by atoms with Gasteiger partial charge in [0.15, 0.2) is 0 Å². The summed E-state index contributed by atoms with van der Waals surface area (Å²) in [4.78, 5) is 24.9. The minimum absolute atomic E-state index is 0.0572. The summed E-state index contributed by atoms with van der Waals surface area (Å²) in [6, 6.07) is 1.09. The maximum atomic E-state index is 13.7. The first-order chi connectivity index (χ1) is 14.7. The first kappa shape index (κ1) is 23.2. The number of hydrogen-bond donors (Lipinski definition) is 3. The third-order valence-corrected chi connectivity index (χ3v) is 8.28. The predicted molar refractivity (Wildman–Crippen MR) is 118 cm³/mol. The number of alkyl halides is 2. The van der Waals surface area contributed by atoms with E-state index in [4.69, 9.17) is 16.3 Å². The van der Waals surface area contributed by atoms with Crippen molar-refractivity contribution in [1.29, 1.82) is 0 Å². The third kappa shape index (κ3) is 5.19. The summed E-state index contributed by atoms with van der Waals surface area (Å²) < 4.78 is 19.3. The fourth-order valence-electron chi connectivity index (χ4n) is 6.41. The number of rotatable bonds is 8. The van der Waals surface area contributed by atoms with Gasteiger partial charge in [-0.1, -0.05) is 0 Å². The molecule has 1 aliphatic heterocycles. The number of hydrogen-bond acceptors (Lipinski definition) is 4. The Balaban J connectivity index is 1.11. The Hall–Kier alpha value is -0.920. The monoisotopic (exact) mass is 457 g/mol. The number of ether oxygens (including phenoxy) is 1. The maximum absolute atomic E-state index is 13.7. The Morgan fingerprint density at radius 3 is 2.45 bits per heavy atom. The smallest absolute Gasteiger partial charge is 0.246 e. The average molecular weight is 458 g/mol. The molecular weight excluding hydrogens is 421 g/mol. The molecule has 5 atom stereocenters. The molecule has 2 bridgehead atoms. The first-order valence-corrected chi connectivity index (χ1v) is 12.4. The summed E-state index contributed by atoms with van der Waals surface area (Å²) >= 11 is 5.89. The van der Waals surface area contributed by atoms with Crippen molar-refractivity contribution in [2.24, 2.45) is 11.3 Å². The summed E-state index contributed by atoms with van der Waals surface area (Å²) in [5.74, 6) is 0.630. The summed E-state index contributed by atoms with van der Waals surface area (Å²) in [5, 5.41) is 9.30. The highest BCUT2D eigenvalue weighted by molar-refractivity contribution is 6.21. The first-order valence-electron chi connectivity index (χ1n) is 11.9. The van der Waals surface area contributed by atoms with Crippen molar-refractivity contribution in [2.75, 3.05) is 13.2 Å². The summed E-state index contributed by atoms with van der Waals surface area (Å²) in [5.41, 5.74) is -0.531. The summed E-state index contributed by atoms with van der Waals surface area (Å²) in [6.07, 6.45) is 5.71. The Morgan fingerprint density at radius 1 is 1.13 bits per heavy atom. The SMILES string of the molecule is CC1CC(CCNC(=O)C23CC(NC(=O)COC4CCC(Cl)C(F)C4)(C2)C3)CC(C)N1. The van der Waals surface area contributed by atoms with Gasteiger partial charge < -0.3 is 20.7 Å². The quantitative estimate of drug-likeness (QED) is 0.490. The van der Waals surface area contributed by atoms with Crippen molar-refractivity contribution < 1.29 is 18.7 Å². The number of piperidine rings is 1. The van der Waals surface area contributed by atoms with Crippen LogP contribution in [0.1, 0.15) is 71.6 Å². The van der Waals surface area contributed by atoms with E-state index in [0.29, 0.717) is 50.1 Å². The van der Waals surface area contributed by atoms with E-state index in [-0.39, 0.29) is 41.9 Å². The summed E-state index contributed by atoms with van der Waals surface area (Å²) in [6.45, 7) is 5.13. The fraction of sp³-hybridized carbons (Fsp3) is 0.913. The van der Waals surface area contributed by atoms with Gasteiger partial charge in [0.25, 0.3) is 0 Å². The molecule has 31 heavy (non-hydrogen) atoms. The van der Waals surface area contributed by atoms with Gasteiger partial charge in [0.05, 0.1) is 16.9 Å². The van der Waals surface area contributed by atoms with E-state index in [2.05, 4.69) is 29.8 Å². The maximum Gasteiger partial charge on any atom is 0.246 e. The molecule has 2 amide bonds. The molecule has 3 N–H and O–H groups in total. The van der Waals surface area contributed by atoms with Crippen LogP contribution < -0.4 is 16.0 Å². The largest absolute Gasteiger partial charge is 0.368 e. The van der Waals surface area contributed by atoms with Crippen molar-refractivity contribution in [3.63, 3.8) is 0 Å². The van der Waals surface area contributed by atoms with Gasteiger partial charge >= 0.3 is 0 Å². The molecule has 0 radical (unpaired) electrons. The van der Waals surface area contributed by atoms with Crippen molar-refractivity contribution in [3.05, 3.63) is 0 Å². The number of halogens is 2.